The van der Waals surface area contributed by atoms with E-state index in [1.165, 1.54) is 23.1 Å². The number of amides is 2. The summed E-state index contributed by atoms with van der Waals surface area (Å²) in [7, 11) is -3.89. The molecule has 0 fully saturated rings. The number of sulfonamides is 1. The van der Waals surface area contributed by atoms with Gasteiger partial charge in [-0.2, -0.15) is 0 Å². The Labute approximate surface area is 189 Å². The summed E-state index contributed by atoms with van der Waals surface area (Å²) in [6, 6.07) is 11.5. The highest BCUT2D eigenvalue weighted by Crippen LogP contribution is 2.20. The molecule has 0 aliphatic heterocycles. The fourth-order valence-electron chi connectivity index (χ4n) is 3.24. The molecule has 0 saturated heterocycles. The van der Waals surface area contributed by atoms with Gasteiger partial charge in [-0.15, -0.1) is 0 Å². The fourth-order valence-corrected chi connectivity index (χ4v) is 4.08. The van der Waals surface area contributed by atoms with Crippen LogP contribution < -0.4 is 9.62 Å². The maximum absolute atomic E-state index is 13.7. The summed E-state index contributed by atoms with van der Waals surface area (Å²) in [6.07, 6.45) is 0.949. The van der Waals surface area contributed by atoms with Crippen molar-refractivity contribution in [2.24, 2.45) is 0 Å². The normalized spacial score (nSPS) is 12.3. The molecule has 0 aliphatic carbocycles. The summed E-state index contributed by atoms with van der Waals surface area (Å²) in [6.45, 7) is 6.69. The van der Waals surface area contributed by atoms with Crippen LogP contribution in [0.5, 0.6) is 0 Å². The number of anilines is 1. The van der Waals surface area contributed by atoms with Crippen LogP contribution in [0.25, 0.3) is 0 Å². The predicted octanol–water partition coefficient (Wildman–Crippen LogP) is 2.84. The number of carbonyl (C=O) groups excluding carboxylic acids is 2. The van der Waals surface area contributed by atoms with Crippen LogP contribution in [0.15, 0.2) is 48.5 Å². The minimum absolute atomic E-state index is 0.0376. The third-order valence-corrected chi connectivity index (χ3v) is 5.95. The van der Waals surface area contributed by atoms with E-state index in [1.807, 2.05) is 45.0 Å². The van der Waals surface area contributed by atoms with Crippen molar-refractivity contribution in [2.45, 2.75) is 46.3 Å². The van der Waals surface area contributed by atoms with Crippen LogP contribution >= 0.6 is 0 Å². The van der Waals surface area contributed by atoms with Crippen molar-refractivity contribution in [1.82, 2.24) is 10.2 Å². The van der Waals surface area contributed by atoms with E-state index in [9.17, 15) is 22.4 Å². The molecule has 1 atom stereocenters. The topological polar surface area (TPSA) is 86.8 Å². The molecule has 2 rings (SSSR count). The summed E-state index contributed by atoms with van der Waals surface area (Å²) < 4.78 is 39.4. The Bertz CT molecular complexity index is 1070. The molecule has 0 aromatic heterocycles. The van der Waals surface area contributed by atoms with E-state index in [0.717, 1.165) is 27.8 Å². The molecule has 2 aromatic rings. The first-order valence-electron chi connectivity index (χ1n) is 10.3. The van der Waals surface area contributed by atoms with E-state index in [4.69, 9.17) is 0 Å². The van der Waals surface area contributed by atoms with E-state index in [2.05, 4.69) is 5.32 Å². The van der Waals surface area contributed by atoms with Gasteiger partial charge in [-0.1, -0.05) is 35.9 Å². The Kier molecular flexibility index (Phi) is 8.38. The lowest BCUT2D eigenvalue weighted by atomic mass is 10.1. The highest BCUT2D eigenvalue weighted by Gasteiger charge is 2.30. The molecule has 174 valence electrons. The second-order valence-electron chi connectivity index (χ2n) is 8.10. The Balaban J connectivity index is 2.39. The molecule has 0 saturated carbocycles. The monoisotopic (exact) mass is 463 g/mol. The van der Waals surface area contributed by atoms with Crippen LogP contribution in [-0.2, 0) is 26.2 Å². The van der Waals surface area contributed by atoms with Gasteiger partial charge in [0, 0.05) is 12.6 Å². The van der Waals surface area contributed by atoms with Crippen LogP contribution in [0.3, 0.4) is 0 Å². The molecule has 0 bridgehead atoms. The number of rotatable bonds is 9. The van der Waals surface area contributed by atoms with Crippen LogP contribution in [0, 0.1) is 12.7 Å². The number of nitrogens with zero attached hydrogens (tertiary/aromatic N) is 2. The number of carbonyl (C=O) groups is 2. The number of benzene rings is 2. The average molecular weight is 464 g/mol. The van der Waals surface area contributed by atoms with Gasteiger partial charge in [-0.3, -0.25) is 13.9 Å². The highest BCUT2D eigenvalue weighted by molar-refractivity contribution is 7.92. The zero-order valence-electron chi connectivity index (χ0n) is 19.0. The Morgan fingerprint density at radius 3 is 2.28 bits per heavy atom. The molecule has 2 amide bonds. The maximum atomic E-state index is 13.7. The summed E-state index contributed by atoms with van der Waals surface area (Å²) in [5, 5.41) is 2.78. The number of hydrogen-bond acceptors (Lipinski definition) is 4. The lowest BCUT2D eigenvalue weighted by Crippen LogP contribution is -2.52. The number of halogens is 1. The lowest BCUT2D eigenvalue weighted by Gasteiger charge is -2.32. The van der Waals surface area contributed by atoms with Gasteiger partial charge in [0.05, 0.1) is 11.9 Å². The molecule has 7 nitrogen and oxygen atoms in total. The van der Waals surface area contributed by atoms with Crippen molar-refractivity contribution in [3.63, 3.8) is 0 Å². The summed E-state index contributed by atoms with van der Waals surface area (Å²) in [5.74, 6) is -1.55. The van der Waals surface area contributed by atoms with Crippen molar-refractivity contribution < 1.29 is 22.4 Å². The van der Waals surface area contributed by atoms with Gasteiger partial charge in [0.25, 0.3) is 0 Å². The van der Waals surface area contributed by atoms with Gasteiger partial charge in [0.2, 0.25) is 21.8 Å². The number of nitrogens with one attached hydrogen (secondary N) is 1. The quantitative estimate of drug-likeness (QED) is 0.620. The largest absolute Gasteiger partial charge is 0.352 e. The molecule has 0 heterocycles. The zero-order valence-corrected chi connectivity index (χ0v) is 19.8. The summed E-state index contributed by atoms with van der Waals surface area (Å²) in [5.41, 5.74) is 1.83. The first kappa shape index (κ1) is 25.3. The van der Waals surface area contributed by atoms with Crippen LogP contribution in [0.2, 0.25) is 0 Å². The summed E-state index contributed by atoms with van der Waals surface area (Å²) in [4.78, 5) is 27.3. The number of hydrogen-bond donors (Lipinski definition) is 1. The lowest BCUT2D eigenvalue weighted by molar-refractivity contribution is -0.139. The third kappa shape index (κ3) is 7.05. The summed E-state index contributed by atoms with van der Waals surface area (Å²) >= 11 is 0. The van der Waals surface area contributed by atoms with Gasteiger partial charge < -0.3 is 10.2 Å². The Morgan fingerprint density at radius 2 is 1.72 bits per heavy atom. The molecule has 1 N–H and O–H groups in total. The van der Waals surface area contributed by atoms with Gasteiger partial charge in [-0.05, 0) is 51.5 Å². The van der Waals surface area contributed by atoms with Crippen molar-refractivity contribution in [3.8, 4) is 0 Å². The molecular formula is C23H30FN3O4S. The first-order chi connectivity index (χ1) is 14.9. The molecule has 0 radical (unpaired) electrons. The molecule has 9 heteroatoms. The third-order valence-electron chi connectivity index (χ3n) is 4.81. The molecule has 32 heavy (non-hydrogen) atoms. The Morgan fingerprint density at radius 1 is 1.06 bits per heavy atom. The van der Waals surface area contributed by atoms with Gasteiger partial charge in [0.15, 0.2) is 0 Å². The molecule has 0 unspecified atom stereocenters. The van der Waals surface area contributed by atoms with Crippen molar-refractivity contribution in [3.05, 3.63) is 65.5 Å². The van der Waals surface area contributed by atoms with Crippen molar-refractivity contribution >= 4 is 27.5 Å². The van der Waals surface area contributed by atoms with E-state index in [0.29, 0.717) is 0 Å². The van der Waals surface area contributed by atoms with Crippen LogP contribution in [0.4, 0.5) is 10.1 Å². The smallest absolute Gasteiger partial charge is 0.244 e. The van der Waals surface area contributed by atoms with E-state index >= 15 is 0 Å². The SMILES string of the molecule is Cc1cccc(CN(C(=O)CN(c2cccc(F)c2)S(C)(=O)=O)[C@@H](C)C(=O)NC(C)C)c1. The van der Waals surface area contributed by atoms with Crippen LogP contribution in [0.1, 0.15) is 31.9 Å². The minimum Gasteiger partial charge on any atom is -0.352 e. The first-order valence-corrected chi connectivity index (χ1v) is 12.1. The number of aryl methyl sites for hydroxylation is 1. The van der Waals surface area contributed by atoms with Gasteiger partial charge in [0.1, 0.15) is 18.4 Å². The average Bonchev–Trinajstić information content (AvgIpc) is 2.68. The minimum atomic E-state index is -3.89. The predicted molar refractivity (Wildman–Crippen MR) is 123 cm³/mol. The molecule has 2 aromatic carbocycles. The highest BCUT2D eigenvalue weighted by atomic mass is 32.2. The van der Waals surface area contributed by atoms with Crippen molar-refractivity contribution in [1.29, 1.82) is 0 Å². The second kappa shape index (κ2) is 10.6. The molecular weight excluding hydrogens is 433 g/mol. The molecule has 0 aliphatic rings. The zero-order chi connectivity index (χ0) is 24.1. The second-order valence-corrected chi connectivity index (χ2v) is 10.0. The van der Waals surface area contributed by atoms with Crippen molar-refractivity contribution in [2.75, 3.05) is 17.1 Å². The van der Waals surface area contributed by atoms with E-state index in [-0.39, 0.29) is 24.2 Å². The Hall–Kier alpha value is -2.94. The van der Waals surface area contributed by atoms with Gasteiger partial charge >= 0.3 is 0 Å². The maximum Gasteiger partial charge on any atom is 0.244 e. The van der Waals surface area contributed by atoms with Gasteiger partial charge in [-0.25, -0.2) is 12.8 Å². The van der Waals surface area contributed by atoms with E-state index in [1.54, 1.807) is 6.92 Å². The van der Waals surface area contributed by atoms with Crippen LogP contribution in [-0.4, -0.2) is 50.0 Å². The molecule has 0 spiro atoms. The fraction of sp³-hybridized carbons (Fsp3) is 0.391. The standard InChI is InChI=1S/C23H30FN3O4S/c1-16(2)25-23(29)18(4)26(14-19-9-6-8-17(3)12-19)22(28)15-27(32(5,30)31)21-11-7-10-20(24)13-21/h6-13,16,18H,14-15H2,1-5H3,(H,25,29)/t18-/m0/s1. The van der Waals surface area contributed by atoms with E-state index < -0.39 is 34.3 Å².